The molecule has 108 valence electrons. The second-order valence-electron chi connectivity index (χ2n) is 4.46. The average Bonchev–Trinajstić information content (AvgIpc) is 2.89. The van der Waals surface area contributed by atoms with Crippen molar-refractivity contribution in [2.45, 2.75) is 24.1 Å². The van der Waals surface area contributed by atoms with E-state index in [2.05, 4.69) is 17.0 Å². The number of thiophene rings is 1. The molecule has 6 heteroatoms. The summed E-state index contributed by atoms with van der Waals surface area (Å²) in [4.78, 5) is 0. The maximum Gasteiger partial charge on any atom is 0.271 e. The third-order valence-corrected chi connectivity index (χ3v) is 5.76. The predicted molar refractivity (Wildman–Crippen MR) is 83.7 cm³/mol. The number of aryl methyl sites for hydroxylation is 1. The minimum absolute atomic E-state index is 0.335. The Balaban J connectivity index is 2.16. The number of anilines is 1. The average molecular weight is 310 g/mol. The minimum Gasteiger partial charge on any atom is -0.316 e. The highest BCUT2D eigenvalue weighted by atomic mass is 32.2. The molecule has 0 saturated carbocycles. The van der Waals surface area contributed by atoms with Gasteiger partial charge in [-0.15, -0.1) is 11.3 Å². The Hall–Kier alpha value is -1.37. The molecule has 0 aliphatic rings. The van der Waals surface area contributed by atoms with Crippen LogP contribution in [0.2, 0.25) is 0 Å². The van der Waals surface area contributed by atoms with Gasteiger partial charge in [0.05, 0.1) is 0 Å². The summed E-state index contributed by atoms with van der Waals surface area (Å²) in [6, 6.07) is 9.14. The molecule has 0 saturated heterocycles. The van der Waals surface area contributed by atoms with Crippen LogP contribution in [-0.2, 0) is 23.0 Å². The van der Waals surface area contributed by atoms with Crippen molar-refractivity contribution in [2.75, 3.05) is 11.8 Å². The van der Waals surface area contributed by atoms with Gasteiger partial charge >= 0.3 is 0 Å². The summed E-state index contributed by atoms with van der Waals surface area (Å²) < 4.78 is 27.4. The van der Waals surface area contributed by atoms with E-state index in [9.17, 15) is 8.42 Å². The van der Waals surface area contributed by atoms with Gasteiger partial charge in [-0.1, -0.05) is 19.1 Å². The van der Waals surface area contributed by atoms with E-state index in [1.54, 1.807) is 18.2 Å². The molecule has 0 amide bonds. The third kappa shape index (κ3) is 3.59. The molecule has 0 radical (unpaired) electrons. The lowest BCUT2D eigenvalue weighted by Crippen LogP contribution is -2.11. The van der Waals surface area contributed by atoms with E-state index >= 15 is 0 Å². The van der Waals surface area contributed by atoms with Crippen molar-refractivity contribution in [3.8, 4) is 0 Å². The minimum atomic E-state index is -3.49. The zero-order valence-electron chi connectivity index (χ0n) is 11.5. The van der Waals surface area contributed by atoms with Gasteiger partial charge in [0.15, 0.2) is 0 Å². The largest absolute Gasteiger partial charge is 0.316 e. The Labute approximate surface area is 123 Å². The van der Waals surface area contributed by atoms with Crippen LogP contribution in [0.1, 0.15) is 18.1 Å². The summed E-state index contributed by atoms with van der Waals surface area (Å²) in [5, 5.41) is 4.85. The highest BCUT2D eigenvalue weighted by Gasteiger charge is 2.16. The molecule has 20 heavy (non-hydrogen) atoms. The molecule has 1 aromatic carbocycles. The van der Waals surface area contributed by atoms with Crippen molar-refractivity contribution < 1.29 is 8.42 Å². The van der Waals surface area contributed by atoms with Gasteiger partial charge in [-0.25, -0.2) is 8.42 Å². The lowest BCUT2D eigenvalue weighted by Gasteiger charge is -2.06. The summed E-state index contributed by atoms with van der Waals surface area (Å²) in [7, 11) is -1.66. The van der Waals surface area contributed by atoms with Crippen LogP contribution in [0.3, 0.4) is 0 Å². The third-order valence-electron chi connectivity index (χ3n) is 2.89. The maximum absolute atomic E-state index is 12.3. The van der Waals surface area contributed by atoms with Crippen LogP contribution in [0.15, 0.2) is 39.9 Å². The molecule has 0 bridgehead atoms. The molecule has 0 fully saturated rings. The molecule has 0 aliphatic heterocycles. The van der Waals surface area contributed by atoms with Crippen LogP contribution in [0.25, 0.3) is 0 Å². The number of rotatable bonds is 6. The first-order valence-corrected chi connectivity index (χ1v) is 8.75. The quantitative estimate of drug-likeness (QED) is 0.862. The zero-order valence-corrected chi connectivity index (χ0v) is 13.1. The summed E-state index contributed by atoms with van der Waals surface area (Å²) in [5.74, 6) is 0. The Morgan fingerprint density at radius 3 is 2.45 bits per heavy atom. The van der Waals surface area contributed by atoms with Crippen LogP contribution in [-0.4, -0.2) is 15.5 Å². The fourth-order valence-corrected chi connectivity index (χ4v) is 4.07. The first-order valence-electron chi connectivity index (χ1n) is 6.39. The highest BCUT2D eigenvalue weighted by molar-refractivity contribution is 7.94. The van der Waals surface area contributed by atoms with Gasteiger partial charge in [0.1, 0.15) is 4.21 Å². The molecule has 0 atom stereocenters. The van der Waals surface area contributed by atoms with Gasteiger partial charge in [-0.3, -0.25) is 4.72 Å². The summed E-state index contributed by atoms with van der Waals surface area (Å²) in [6.45, 7) is 2.73. The van der Waals surface area contributed by atoms with Crippen LogP contribution in [0.5, 0.6) is 0 Å². The van der Waals surface area contributed by atoms with E-state index in [1.165, 1.54) is 16.9 Å². The molecule has 1 aromatic heterocycles. The molecule has 0 unspecified atom stereocenters. The van der Waals surface area contributed by atoms with E-state index in [-0.39, 0.29) is 0 Å². The van der Waals surface area contributed by atoms with Gasteiger partial charge in [-0.05, 0) is 48.2 Å². The zero-order chi connectivity index (χ0) is 14.6. The van der Waals surface area contributed by atoms with E-state index < -0.39 is 10.0 Å². The topological polar surface area (TPSA) is 58.2 Å². The molecule has 0 aliphatic carbocycles. The number of nitrogens with one attached hydrogen (secondary N) is 2. The fraction of sp³-hybridized carbons (Fsp3) is 0.286. The smallest absolute Gasteiger partial charge is 0.271 e. The van der Waals surface area contributed by atoms with Gasteiger partial charge < -0.3 is 5.32 Å². The van der Waals surface area contributed by atoms with Crippen molar-refractivity contribution in [3.63, 3.8) is 0 Å². The lowest BCUT2D eigenvalue weighted by molar-refractivity contribution is 0.603. The molecule has 2 N–H and O–H groups in total. The predicted octanol–water partition coefficient (Wildman–Crippen LogP) is 2.83. The Morgan fingerprint density at radius 2 is 1.85 bits per heavy atom. The molecule has 0 spiro atoms. The van der Waals surface area contributed by atoms with Crippen LogP contribution >= 0.6 is 11.3 Å². The number of hydrogen-bond acceptors (Lipinski definition) is 4. The van der Waals surface area contributed by atoms with Crippen LogP contribution in [0.4, 0.5) is 5.69 Å². The number of hydrogen-bond donors (Lipinski definition) is 2. The maximum atomic E-state index is 12.3. The fourth-order valence-electron chi connectivity index (χ4n) is 1.80. The molecule has 4 nitrogen and oxygen atoms in total. The van der Waals surface area contributed by atoms with Gasteiger partial charge in [0.25, 0.3) is 10.0 Å². The van der Waals surface area contributed by atoms with Gasteiger partial charge in [-0.2, -0.15) is 0 Å². The van der Waals surface area contributed by atoms with E-state index in [4.69, 9.17) is 0 Å². The molecule has 2 rings (SSSR count). The SMILES string of the molecule is CCc1ccc(NS(=O)(=O)c2cc(CNC)cs2)cc1. The Morgan fingerprint density at radius 1 is 1.15 bits per heavy atom. The lowest BCUT2D eigenvalue weighted by atomic mass is 10.2. The van der Waals surface area contributed by atoms with Crippen molar-refractivity contribution >= 4 is 27.0 Å². The molecule has 2 aromatic rings. The number of sulfonamides is 1. The van der Waals surface area contributed by atoms with Gasteiger partial charge in [0, 0.05) is 12.2 Å². The first-order chi connectivity index (χ1) is 9.55. The van der Waals surface area contributed by atoms with Crippen LogP contribution in [0, 0.1) is 0 Å². The monoisotopic (exact) mass is 310 g/mol. The van der Waals surface area contributed by atoms with Crippen molar-refractivity contribution in [2.24, 2.45) is 0 Å². The first kappa shape index (κ1) is 15.0. The van der Waals surface area contributed by atoms with E-state index in [1.807, 2.05) is 24.6 Å². The van der Waals surface area contributed by atoms with E-state index in [0.29, 0.717) is 16.4 Å². The summed E-state index contributed by atoms with van der Waals surface area (Å²) >= 11 is 1.23. The second-order valence-corrected chi connectivity index (χ2v) is 7.28. The number of benzene rings is 1. The standard InChI is InChI=1S/C14H18N2O2S2/c1-3-11-4-6-13(7-5-11)16-20(17,18)14-8-12(9-15-2)10-19-14/h4-8,10,15-16H,3,9H2,1-2H3. The normalized spacial score (nSPS) is 11.5. The summed E-state index contributed by atoms with van der Waals surface area (Å²) in [6.07, 6.45) is 0.936. The highest BCUT2D eigenvalue weighted by Crippen LogP contribution is 2.23. The molecule has 1 heterocycles. The molecular weight excluding hydrogens is 292 g/mol. The summed E-state index contributed by atoms with van der Waals surface area (Å²) in [5.41, 5.74) is 2.74. The second kappa shape index (κ2) is 6.39. The molecular formula is C14H18N2O2S2. The van der Waals surface area contributed by atoms with Crippen molar-refractivity contribution in [3.05, 3.63) is 46.8 Å². The Bertz CT molecular complexity index is 661. The van der Waals surface area contributed by atoms with Crippen molar-refractivity contribution in [1.29, 1.82) is 0 Å². The van der Waals surface area contributed by atoms with Crippen molar-refractivity contribution in [1.82, 2.24) is 5.32 Å². The Kier molecular flexibility index (Phi) is 4.80. The van der Waals surface area contributed by atoms with E-state index in [0.717, 1.165) is 12.0 Å². The van der Waals surface area contributed by atoms with Gasteiger partial charge in [0.2, 0.25) is 0 Å². The van der Waals surface area contributed by atoms with Crippen LogP contribution < -0.4 is 10.0 Å².